The van der Waals surface area contributed by atoms with E-state index in [9.17, 15) is 0 Å². The highest BCUT2D eigenvalue weighted by Crippen LogP contribution is 2.11. The molecule has 1 atom stereocenters. The van der Waals surface area contributed by atoms with Crippen molar-refractivity contribution in [3.8, 4) is 0 Å². The summed E-state index contributed by atoms with van der Waals surface area (Å²) >= 11 is 0. The maximum atomic E-state index is 5.63. The minimum Gasteiger partial charge on any atom is -0.397 e. The first-order chi connectivity index (χ1) is 7.84. The largest absolute Gasteiger partial charge is 0.397 e. The molecule has 0 radical (unpaired) electrons. The van der Waals surface area contributed by atoms with Crippen LogP contribution in [0.25, 0.3) is 0 Å². The van der Waals surface area contributed by atoms with Crippen LogP contribution < -0.4 is 11.1 Å². The molecule has 1 aliphatic heterocycles. The van der Waals surface area contributed by atoms with E-state index in [0.29, 0.717) is 11.8 Å². The summed E-state index contributed by atoms with van der Waals surface area (Å²) in [5, 5.41) is 3.36. The smallest absolute Gasteiger partial charge is 0.0699 e. The second kappa shape index (κ2) is 5.82. The first kappa shape index (κ1) is 11.4. The zero-order chi connectivity index (χ0) is 11.2. The number of nitrogens with zero attached hydrogens (tertiary/aromatic N) is 1. The fourth-order valence-corrected chi connectivity index (χ4v) is 1.87. The van der Waals surface area contributed by atoms with Crippen LogP contribution in [0, 0.1) is 0 Å². The first-order valence-corrected chi connectivity index (χ1v) is 5.87. The Hall–Kier alpha value is -1.13. The maximum Gasteiger partial charge on any atom is 0.0699 e. The molecule has 4 heteroatoms. The number of pyridine rings is 1. The molecule has 1 saturated heterocycles. The Bertz CT molecular complexity index is 307. The van der Waals surface area contributed by atoms with E-state index in [0.717, 1.165) is 25.4 Å². The number of hydrogen-bond donors (Lipinski definition) is 2. The molecule has 1 fully saturated rings. The van der Waals surface area contributed by atoms with Gasteiger partial charge in [-0.1, -0.05) is 0 Å². The summed E-state index contributed by atoms with van der Waals surface area (Å²) in [6, 6.07) is 3.82. The minimum absolute atomic E-state index is 0.377. The fourth-order valence-electron chi connectivity index (χ4n) is 1.87. The molecule has 16 heavy (non-hydrogen) atoms. The Kier molecular flexibility index (Phi) is 4.13. The molecule has 0 aromatic carbocycles. The van der Waals surface area contributed by atoms with Crippen LogP contribution in [0.1, 0.15) is 25.0 Å². The third-order valence-corrected chi connectivity index (χ3v) is 2.80. The lowest BCUT2D eigenvalue weighted by Crippen LogP contribution is -2.31. The molecular weight excluding hydrogens is 202 g/mol. The molecule has 1 aromatic heterocycles. The van der Waals surface area contributed by atoms with Gasteiger partial charge in [-0.15, -0.1) is 0 Å². The standard InChI is InChI=1S/C12H19N3O/c13-10-4-5-11(15-7-10)8-14-9-12-3-1-2-6-16-12/h4-5,7,12,14H,1-3,6,8-9,13H2. The van der Waals surface area contributed by atoms with E-state index < -0.39 is 0 Å². The van der Waals surface area contributed by atoms with E-state index in [2.05, 4.69) is 10.3 Å². The lowest BCUT2D eigenvalue weighted by atomic mass is 10.1. The summed E-state index contributed by atoms with van der Waals surface area (Å²) in [6.07, 6.45) is 5.72. The summed E-state index contributed by atoms with van der Waals surface area (Å²) in [4.78, 5) is 4.23. The van der Waals surface area contributed by atoms with Gasteiger partial charge < -0.3 is 15.8 Å². The van der Waals surface area contributed by atoms with E-state index >= 15 is 0 Å². The predicted molar refractivity (Wildman–Crippen MR) is 63.9 cm³/mol. The van der Waals surface area contributed by atoms with E-state index in [1.807, 2.05) is 12.1 Å². The van der Waals surface area contributed by atoms with Crippen molar-refractivity contribution >= 4 is 5.69 Å². The lowest BCUT2D eigenvalue weighted by molar-refractivity contribution is 0.0167. The Morgan fingerprint density at radius 2 is 2.38 bits per heavy atom. The molecule has 4 nitrogen and oxygen atoms in total. The fraction of sp³-hybridized carbons (Fsp3) is 0.583. The van der Waals surface area contributed by atoms with Gasteiger partial charge in [0.2, 0.25) is 0 Å². The molecule has 2 heterocycles. The van der Waals surface area contributed by atoms with Crippen molar-refractivity contribution in [3.05, 3.63) is 24.0 Å². The van der Waals surface area contributed by atoms with E-state index in [1.54, 1.807) is 6.20 Å². The predicted octanol–water partition coefficient (Wildman–Crippen LogP) is 1.32. The number of ether oxygens (including phenoxy) is 1. The third-order valence-electron chi connectivity index (χ3n) is 2.80. The number of nitrogen functional groups attached to an aromatic ring is 1. The number of anilines is 1. The van der Waals surface area contributed by atoms with Gasteiger partial charge in [-0.2, -0.15) is 0 Å². The van der Waals surface area contributed by atoms with Crippen molar-refractivity contribution in [2.45, 2.75) is 31.9 Å². The van der Waals surface area contributed by atoms with Crippen molar-refractivity contribution in [1.29, 1.82) is 0 Å². The molecule has 0 saturated carbocycles. The van der Waals surface area contributed by atoms with Crippen molar-refractivity contribution in [2.75, 3.05) is 18.9 Å². The number of rotatable bonds is 4. The van der Waals surface area contributed by atoms with Gasteiger partial charge in [0.15, 0.2) is 0 Å². The zero-order valence-electron chi connectivity index (χ0n) is 9.48. The second-order valence-electron chi connectivity index (χ2n) is 4.20. The molecule has 3 N–H and O–H groups in total. The molecule has 88 valence electrons. The molecule has 0 bridgehead atoms. The van der Waals surface area contributed by atoms with E-state index in [1.165, 1.54) is 19.3 Å². The van der Waals surface area contributed by atoms with Gasteiger partial charge in [0.1, 0.15) is 0 Å². The lowest BCUT2D eigenvalue weighted by Gasteiger charge is -2.22. The number of nitrogens with one attached hydrogen (secondary N) is 1. The van der Waals surface area contributed by atoms with Crippen LogP contribution in [-0.2, 0) is 11.3 Å². The second-order valence-corrected chi connectivity index (χ2v) is 4.20. The number of nitrogens with two attached hydrogens (primary N) is 1. The Morgan fingerprint density at radius 1 is 1.44 bits per heavy atom. The maximum absolute atomic E-state index is 5.63. The van der Waals surface area contributed by atoms with Gasteiger partial charge in [-0.25, -0.2) is 0 Å². The third kappa shape index (κ3) is 3.47. The van der Waals surface area contributed by atoms with Crippen LogP contribution in [0.15, 0.2) is 18.3 Å². The van der Waals surface area contributed by atoms with Gasteiger partial charge >= 0.3 is 0 Å². The average Bonchev–Trinajstić information content (AvgIpc) is 2.33. The molecule has 2 rings (SSSR count). The monoisotopic (exact) mass is 221 g/mol. The van der Waals surface area contributed by atoms with Crippen LogP contribution in [0.2, 0.25) is 0 Å². The highest BCUT2D eigenvalue weighted by Gasteiger charge is 2.12. The van der Waals surface area contributed by atoms with Crippen molar-refractivity contribution < 1.29 is 4.74 Å². The van der Waals surface area contributed by atoms with Gasteiger partial charge in [-0.05, 0) is 31.4 Å². The molecule has 1 aliphatic rings. The summed E-state index contributed by atoms with van der Waals surface area (Å²) in [6.45, 7) is 2.60. The molecule has 1 unspecified atom stereocenters. The van der Waals surface area contributed by atoms with Crippen LogP contribution in [0.5, 0.6) is 0 Å². The summed E-state index contributed by atoms with van der Waals surface area (Å²) in [5.41, 5.74) is 7.30. The number of hydrogen-bond acceptors (Lipinski definition) is 4. The van der Waals surface area contributed by atoms with Crippen LogP contribution in [0.3, 0.4) is 0 Å². The average molecular weight is 221 g/mol. The van der Waals surface area contributed by atoms with Crippen molar-refractivity contribution in [1.82, 2.24) is 10.3 Å². The highest BCUT2D eigenvalue weighted by molar-refractivity contribution is 5.34. The van der Waals surface area contributed by atoms with Crippen LogP contribution >= 0.6 is 0 Å². The van der Waals surface area contributed by atoms with E-state index in [4.69, 9.17) is 10.5 Å². The van der Waals surface area contributed by atoms with Gasteiger partial charge in [-0.3, -0.25) is 4.98 Å². The Labute approximate surface area is 96.2 Å². The van der Waals surface area contributed by atoms with E-state index in [-0.39, 0.29) is 0 Å². The molecule has 0 spiro atoms. The van der Waals surface area contributed by atoms with Crippen molar-refractivity contribution in [3.63, 3.8) is 0 Å². The minimum atomic E-state index is 0.377. The molecular formula is C12H19N3O. The van der Waals surface area contributed by atoms with Crippen LogP contribution in [-0.4, -0.2) is 24.2 Å². The first-order valence-electron chi connectivity index (χ1n) is 5.87. The quantitative estimate of drug-likeness (QED) is 0.805. The van der Waals surface area contributed by atoms with Crippen molar-refractivity contribution in [2.24, 2.45) is 0 Å². The normalized spacial score (nSPS) is 20.9. The van der Waals surface area contributed by atoms with Gasteiger partial charge in [0.25, 0.3) is 0 Å². The topological polar surface area (TPSA) is 60.2 Å². The van der Waals surface area contributed by atoms with Gasteiger partial charge in [0, 0.05) is 19.7 Å². The zero-order valence-corrected chi connectivity index (χ0v) is 9.48. The summed E-state index contributed by atoms with van der Waals surface area (Å²) in [5.74, 6) is 0. The number of aromatic nitrogens is 1. The summed E-state index contributed by atoms with van der Waals surface area (Å²) in [7, 11) is 0. The van der Waals surface area contributed by atoms with Crippen LogP contribution in [0.4, 0.5) is 5.69 Å². The molecule has 0 amide bonds. The molecule has 1 aromatic rings. The summed E-state index contributed by atoms with van der Waals surface area (Å²) < 4.78 is 5.63. The Balaban J connectivity index is 1.69. The molecule has 0 aliphatic carbocycles. The van der Waals surface area contributed by atoms with Gasteiger partial charge in [0.05, 0.1) is 23.7 Å². The Morgan fingerprint density at radius 3 is 3.06 bits per heavy atom. The SMILES string of the molecule is Nc1ccc(CNCC2CCCCO2)nc1. The highest BCUT2D eigenvalue weighted by atomic mass is 16.5.